The number of methoxy groups -OCH3 is 2. The van der Waals surface area contributed by atoms with E-state index < -0.39 is 0 Å². The predicted octanol–water partition coefficient (Wildman–Crippen LogP) is 3.64. The fourth-order valence-electron chi connectivity index (χ4n) is 4.20. The highest BCUT2D eigenvalue weighted by Gasteiger charge is 2.33. The zero-order chi connectivity index (χ0) is 20.3. The zero-order valence-corrected chi connectivity index (χ0v) is 17.4. The van der Waals surface area contributed by atoms with Crippen molar-refractivity contribution in [1.82, 2.24) is 10.2 Å². The molecule has 0 unspecified atom stereocenters. The van der Waals surface area contributed by atoms with E-state index in [2.05, 4.69) is 60.5 Å². The van der Waals surface area contributed by atoms with E-state index in [0.717, 1.165) is 31.0 Å². The molecule has 0 bridgehead atoms. The molecule has 5 heteroatoms. The van der Waals surface area contributed by atoms with Crippen LogP contribution in [0.4, 0.5) is 0 Å². The second-order valence-electron chi connectivity index (χ2n) is 7.49. The van der Waals surface area contributed by atoms with E-state index in [9.17, 15) is 4.79 Å². The van der Waals surface area contributed by atoms with Gasteiger partial charge in [-0.3, -0.25) is 9.69 Å². The highest BCUT2D eigenvalue weighted by atomic mass is 16.5. The molecule has 0 radical (unpaired) electrons. The topological polar surface area (TPSA) is 50.8 Å². The molecule has 1 aliphatic rings. The Hall–Kier alpha value is -2.53. The molecule has 1 amide bonds. The molecule has 1 N–H and O–H groups in total. The maximum absolute atomic E-state index is 11.8. The normalized spacial score (nSPS) is 17.5. The molecule has 0 spiro atoms. The average molecular weight is 383 g/mol. The van der Waals surface area contributed by atoms with Crippen molar-refractivity contribution in [2.45, 2.75) is 45.8 Å². The zero-order valence-electron chi connectivity index (χ0n) is 17.4. The van der Waals surface area contributed by atoms with Crippen LogP contribution >= 0.6 is 0 Å². The van der Waals surface area contributed by atoms with Crippen LogP contribution in [0.5, 0.6) is 11.5 Å². The molecule has 0 saturated carbocycles. The summed E-state index contributed by atoms with van der Waals surface area (Å²) in [5, 5.41) is 3.10. The first-order chi connectivity index (χ1) is 13.4. The van der Waals surface area contributed by atoms with Crippen LogP contribution in [0.3, 0.4) is 0 Å². The molecule has 5 nitrogen and oxygen atoms in total. The first-order valence-electron chi connectivity index (χ1n) is 9.75. The third kappa shape index (κ3) is 4.14. The Kier molecular flexibility index (Phi) is 6.25. The molecule has 1 heterocycles. The minimum atomic E-state index is -0.0290. The molecule has 2 aromatic carbocycles. The van der Waals surface area contributed by atoms with Crippen molar-refractivity contribution in [2.75, 3.05) is 20.8 Å². The Bertz CT molecular complexity index is 850. The van der Waals surface area contributed by atoms with Crippen molar-refractivity contribution in [1.29, 1.82) is 0 Å². The number of rotatable bonds is 6. The number of benzene rings is 2. The number of carbonyl (C=O) groups is 1. The summed E-state index contributed by atoms with van der Waals surface area (Å²) in [4.78, 5) is 14.2. The Balaban J connectivity index is 2.02. The fourth-order valence-corrected chi connectivity index (χ4v) is 4.20. The maximum Gasteiger partial charge on any atom is 0.217 e. The van der Waals surface area contributed by atoms with Crippen molar-refractivity contribution in [3.63, 3.8) is 0 Å². The molecule has 1 aliphatic heterocycles. The standard InChI is InChI=1S/C23H30N2O3/c1-15-8-6-7-9-19(15)14-25-11-10-18-12-21(27-4)22(28-5)13-20(18)23(25)16(2)24-17(3)26/h6-9,12-13,16,23H,10-11,14H2,1-5H3,(H,24,26)/t16-,23-/m0/s1. The third-order valence-electron chi connectivity index (χ3n) is 5.57. The summed E-state index contributed by atoms with van der Waals surface area (Å²) in [6.45, 7) is 7.55. The average Bonchev–Trinajstić information content (AvgIpc) is 2.67. The second kappa shape index (κ2) is 8.65. The number of carbonyl (C=O) groups excluding carboxylic acids is 1. The smallest absolute Gasteiger partial charge is 0.217 e. The third-order valence-corrected chi connectivity index (χ3v) is 5.57. The minimum Gasteiger partial charge on any atom is -0.493 e. The number of nitrogens with zero attached hydrogens (tertiary/aromatic N) is 1. The van der Waals surface area contributed by atoms with E-state index >= 15 is 0 Å². The first kappa shape index (κ1) is 20.2. The number of hydrogen-bond donors (Lipinski definition) is 1. The van der Waals surface area contributed by atoms with Crippen molar-refractivity contribution < 1.29 is 14.3 Å². The molecule has 0 saturated heterocycles. The van der Waals surface area contributed by atoms with Crippen molar-refractivity contribution in [2.24, 2.45) is 0 Å². The van der Waals surface area contributed by atoms with Gasteiger partial charge in [0, 0.05) is 26.1 Å². The van der Waals surface area contributed by atoms with Gasteiger partial charge in [-0.15, -0.1) is 0 Å². The highest BCUT2D eigenvalue weighted by molar-refractivity contribution is 5.73. The lowest BCUT2D eigenvalue weighted by Gasteiger charge is -2.41. The number of hydrogen-bond acceptors (Lipinski definition) is 4. The van der Waals surface area contributed by atoms with Crippen LogP contribution in [0.2, 0.25) is 0 Å². The highest BCUT2D eigenvalue weighted by Crippen LogP contribution is 2.40. The molecular weight excluding hydrogens is 352 g/mol. The van der Waals surface area contributed by atoms with Gasteiger partial charge in [-0.2, -0.15) is 0 Å². The molecule has 2 aromatic rings. The Morgan fingerprint density at radius 3 is 2.54 bits per heavy atom. The van der Waals surface area contributed by atoms with Gasteiger partial charge < -0.3 is 14.8 Å². The lowest BCUT2D eigenvalue weighted by atomic mass is 9.87. The molecule has 0 aromatic heterocycles. The summed E-state index contributed by atoms with van der Waals surface area (Å²) in [6, 6.07) is 12.7. The molecule has 3 rings (SSSR count). The molecule has 0 aliphatic carbocycles. The van der Waals surface area contributed by atoms with Gasteiger partial charge in [-0.1, -0.05) is 24.3 Å². The lowest BCUT2D eigenvalue weighted by Crippen LogP contribution is -2.46. The summed E-state index contributed by atoms with van der Waals surface area (Å²) in [5.41, 5.74) is 5.04. The number of amides is 1. The maximum atomic E-state index is 11.8. The van der Waals surface area contributed by atoms with E-state index in [1.54, 1.807) is 21.1 Å². The van der Waals surface area contributed by atoms with E-state index in [-0.39, 0.29) is 18.0 Å². The molecule has 2 atom stereocenters. The largest absolute Gasteiger partial charge is 0.493 e. The van der Waals surface area contributed by atoms with Crippen LogP contribution in [0, 0.1) is 6.92 Å². The van der Waals surface area contributed by atoms with Crippen molar-refractivity contribution >= 4 is 5.91 Å². The number of nitrogens with one attached hydrogen (secondary N) is 1. The van der Waals surface area contributed by atoms with Crippen LogP contribution < -0.4 is 14.8 Å². The van der Waals surface area contributed by atoms with Gasteiger partial charge in [0.1, 0.15) is 0 Å². The molecule has 0 fully saturated rings. The van der Waals surface area contributed by atoms with Crippen LogP contribution in [0.25, 0.3) is 0 Å². The summed E-state index contributed by atoms with van der Waals surface area (Å²) < 4.78 is 11.0. The van der Waals surface area contributed by atoms with Gasteiger partial charge in [0.15, 0.2) is 11.5 Å². The van der Waals surface area contributed by atoms with Gasteiger partial charge in [-0.25, -0.2) is 0 Å². The first-order valence-corrected chi connectivity index (χ1v) is 9.75. The van der Waals surface area contributed by atoms with Crippen LogP contribution in [0.1, 0.15) is 42.1 Å². The summed E-state index contributed by atoms with van der Waals surface area (Å²) >= 11 is 0. The van der Waals surface area contributed by atoms with Crippen molar-refractivity contribution in [3.8, 4) is 11.5 Å². The lowest BCUT2D eigenvalue weighted by molar-refractivity contribution is -0.120. The Labute approximate surface area is 167 Å². The van der Waals surface area contributed by atoms with Gasteiger partial charge in [-0.05, 0) is 54.7 Å². The molecular formula is C23H30N2O3. The number of fused-ring (bicyclic) bond motifs is 1. The Morgan fingerprint density at radius 1 is 1.21 bits per heavy atom. The summed E-state index contributed by atoms with van der Waals surface area (Å²) in [7, 11) is 3.32. The monoisotopic (exact) mass is 382 g/mol. The van der Waals surface area contributed by atoms with E-state index in [1.807, 2.05) is 0 Å². The van der Waals surface area contributed by atoms with E-state index in [1.165, 1.54) is 22.3 Å². The van der Waals surface area contributed by atoms with Gasteiger partial charge >= 0.3 is 0 Å². The summed E-state index contributed by atoms with van der Waals surface area (Å²) in [5.74, 6) is 1.45. The number of aryl methyl sites for hydroxylation is 1. The van der Waals surface area contributed by atoms with E-state index in [0.29, 0.717) is 0 Å². The van der Waals surface area contributed by atoms with Crippen LogP contribution in [0.15, 0.2) is 36.4 Å². The SMILES string of the molecule is COc1cc2c(cc1OC)[C@H]([C@H](C)NC(C)=O)N(Cc1ccccc1C)CC2. The Morgan fingerprint density at radius 2 is 1.89 bits per heavy atom. The fraction of sp³-hybridized carbons (Fsp3) is 0.435. The molecule has 150 valence electrons. The van der Waals surface area contributed by atoms with Gasteiger partial charge in [0.2, 0.25) is 5.91 Å². The second-order valence-corrected chi connectivity index (χ2v) is 7.49. The summed E-state index contributed by atoms with van der Waals surface area (Å²) in [6.07, 6.45) is 0.935. The van der Waals surface area contributed by atoms with E-state index in [4.69, 9.17) is 9.47 Å². The van der Waals surface area contributed by atoms with Gasteiger partial charge in [0.05, 0.1) is 20.3 Å². The van der Waals surface area contributed by atoms with Gasteiger partial charge in [0.25, 0.3) is 0 Å². The molecule has 28 heavy (non-hydrogen) atoms. The predicted molar refractivity (Wildman–Crippen MR) is 111 cm³/mol. The minimum absolute atomic E-state index is 0.0176. The number of ether oxygens (including phenoxy) is 2. The van der Waals surface area contributed by atoms with Crippen LogP contribution in [-0.2, 0) is 17.8 Å². The quantitative estimate of drug-likeness (QED) is 0.829. The van der Waals surface area contributed by atoms with Crippen LogP contribution in [-0.4, -0.2) is 37.6 Å². The van der Waals surface area contributed by atoms with Crippen molar-refractivity contribution in [3.05, 3.63) is 58.7 Å².